The Morgan fingerprint density at radius 2 is 1.81 bits per heavy atom. The van der Waals surface area contributed by atoms with Gasteiger partial charge in [0.1, 0.15) is 5.54 Å². The number of rotatable bonds is 6. The zero-order chi connectivity index (χ0) is 21.3. The minimum atomic E-state index is -0.933. The van der Waals surface area contributed by atoms with Crippen LogP contribution in [0.15, 0.2) is 79.3 Å². The number of carboxylic acid groups (broad SMARTS) is 1. The van der Waals surface area contributed by atoms with E-state index in [4.69, 9.17) is 0 Å². The third-order valence-corrected chi connectivity index (χ3v) is 6.41. The summed E-state index contributed by atoms with van der Waals surface area (Å²) in [7, 11) is 0. The fraction of sp³-hybridized carbons (Fsp3) is 0.240. The summed E-state index contributed by atoms with van der Waals surface area (Å²) in [4.78, 5) is 18.0. The molecule has 2 aromatic carbocycles. The van der Waals surface area contributed by atoms with Crippen molar-refractivity contribution in [1.82, 2.24) is 14.9 Å². The fourth-order valence-corrected chi connectivity index (χ4v) is 4.94. The van der Waals surface area contributed by atoms with Crippen molar-refractivity contribution in [3.8, 4) is 0 Å². The standard InChI is InChI=1S/C25H24N4O2/c30-24(31)18-8-5-11-21(15-18)25(20-9-2-3-10-20,22-12-6-14-26-17-22)28-29-23-13-4-1-7-19(23)16-27-29/h1,4-8,11-17,20,28H,2-3,9-10H2,(H,30,31). The van der Waals surface area contributed by atoms with Crippen LogP contribution < -0.4 is 5.43 Å². The fourth-order valence-electron chi connectivity index (χ4n) is 4.94. The van der Waals surface area contributed by atoms with Crippen molar-refractivity contribution in [3.05, 3.63) is 95.9 Å². The predicted octanol–water partition coefficient (Wildman–Crippen LogP) is 4.81. The molecule has 0 radical (unpaired) electrons. The molecule has 1 aliphatic carbocycles. The van der Waals surface area contributed by atoms with Gasteiger partial charge in [-0.1, -0.05) is 49.2 Å². The first-order valence-electron chi connectivity index (χ1n) is 10.6. The van der Waals surface area contributed by atoms with Crippen LogP contribution in [0.5, 0.6) is 0 Å². The number of pyridine rings is 1. The first kappa shape index (κ1) is 19.3. The molecule has 4 aromatic rings. The first-order chi connectivity index (χ1) is 15.2. The number of aromatic carboxylic acids is 1. The van der Waals surface area contributed by atoms with Gasteiger partial charge in [-0.3, -0.25) is 10.4 Å². The Morgan fingerprint density at radius 1 is 1.00 bits per heavy atom. The highest BCUT2D eigenvalue weighted by molar-refractivity contribution is 5.88. The molecule has 1 unspecified atom stereocenters. The molecule has 156 valence electrons. The van der Waals surface area contributed by atoms with Crippen molar-refractivity contribution in [2.24, 2.45) is 5.92 Å². The van der Waals surface area contributed by atoms with Crippen molar-refractivity contribution >= 4 is 16.9 Å². The summed E-state index contributed by atoms with van der Waals surface area (Å²) in [5, 5.41) is 15.3. The van der Waals surface area contributed by atoms with Gasteiger partial charge in [0.05, 0.1) is 17.3 Å². The third-order valence-electron chi connectivity index (χ3n) is 6.41. The van der Waals surface area contributed by atoms with Crippen LogP contribution in [0.4, 0.5) is 0 Å². The van der Waals surface area contributed by atoms with Gasteiger partial charge in [0, 0.05) is 23.3 Å². The van der Waals surface area contributed by atoms with Crippen molar-refractivity contribution in [2.45, 2.75) is 31.2 Å². The van der Waals surface area contributed by atoms with E-state index in [0.29, 0.717) is 0 Å². The Bertz CT molecular complexity index is 1210. The molecule has 2 N–H and O–H groups in total. The molecule has 1 aliphatic rings. The number of benzene rings is 2. The summed E-state index contributed by atoms with van der Waals surface area (Å²) < 4.78 is 0. The van der Waals surface area contributed by atoms with Gasteiger partial charge >= 0.3 is 5.97 Å². The van der Waals surface area contributed by atoms with Crippen LogP contribution in [-0.4, -0.2) is 25.9 Å². The Balaban J connectivity index is 1.76. The molecule has 6 heteroatoms. The van der Waals surface area contributed by atoms with Crippen molar-refractivity contribution in [1.29, 1.82) is 0 Å². The minimum absolute atomic E-state index is 0.267. The normalized spacial score (nSPS) is 16.3. The highest BCUT2D eigenvalue weighted by Gasteiger charge is 2.44. The Labute approximate surface area is 180 Å². The van der Waals surface area contributed by atoms with Gasteiger partial charge in [0.15, 0.2) is 0 Å². The third kappa shape index (κ3) is 3.34. The number of hydrogen-bond donors (Lipinski definition) is 2. The summed E-state index contributed by atoms with van der Waals surface area (Å²) in [6.07, 6.45) is 9.86. The highest BCUT2D eigenvalue weighted by Crippen LogP contribution is 2.46. The Kier molecular flexibility index (Phi) is 4.90. The van der Waals surface area contributed by atoms with E-state index in [-0.39, 0.29) is 11.5 Å². The van der Waals surface area contributed by atoms with E-state index >= 15 is 0 Å². The number of para-hydroxylation sites is 1. The van der Waals surface area contributed by atoms with Crippen LogP contribution in [0.25, 0.3) is 10.9 Å². The van der Waals surface area contributed by atoms with Crippen LogP contribution in [0, 0.1) is 5.92 Å². The van der Waals surface area contributed by atoms with Crippen LogP contribution in [0.3, 0.4) is 0 Å². The summed E-state index contributed by atoms with van der Waals surface area (Å²) in [6.45, 7) is 0. The molecule has 0 saturated heterocycles. The number of carboxylic acids is 1. The molecule has 5 rings (SSSR count). The molecular weight excluding hydrogens is 388 g/mol. The minimum Gasteiger partial charge on any atom is -0.478 e. The maximum absolute atomic E-state index is 11.8. The number of fused-ring (bicyclic) bond motifs is 1. The zero-order valence-corrected chi connectivity index (χ0v) is 17.1. The molecule has 0 spiro atoms. The molecule has 1 fully saturated rings. The molecule has 0 bridgehead atoms. The molecule has 6 nitrogen and oxygen atoms in total. The summed E-state index contributed by atoms with van der Waals surface area (Å²) in [5.41, 5.74) is 6.23. The molecule has 1 atom stereocenters. The summed E-state index contributed by atoms with van der Waals surface area (Å²) in [6, 6.07) is 19.3. The maximum atomic E-state index is 11.8. The smallest absolute Gasteiger partial charge is 0.335 e. The SMILES string of the molecule is O=C(O)c1cccc(C(Nn2ncc3ccccc32)(c2cccnc2)C2CCCC2)c1. The molecule has 0 aliphatic heterocycles. The predicted molar refractivity (Wildman–Crippen MR) is 119 cm³/mol. The monoisotopic (exact) mass is 412 g/mol. The number of aromatic nitrogens is 3. The second-order valence-corrected chi connectivity index (χ2v) is 8.14. The van der Waals surface area contributed by atoms with Crippen LogP contribution in [0.2, 0.25) is 0 Å². The topological polar surface area (TPSA) is 80.0 Å². The Morgan fingerprint density at radius 3 is 2.58 bits per heavy atom. The van der Waals surface area contributed by atoms with E-state index in [9.17, 15) is 9.90 Å². The Hall–Kier alpha value is -3.67. The van der Waals surface area contributed by atoms with Gasteiger partial charge in [-0.15, -0.1) is 0 Å². The van der Waals surface area contributed by atoms with E-state index in [2.05, 4.69) is 21.6 Å². The summed E-state index contributed by atoms with van der Waals surface area (Å²) in [5.74, 6) is -0.665. The lowest BCUT2D eigenvalue weighted by atomic mass is 9.72. The lowest BCUT2D eigenvalue weighted by Crippen LogP contribution is -2.47. The van der Waals surface area contributed by atoms with Crippen LogP contribution >= 0.6 is 0 Å². The number of nitrogens with zero attached hydrogens (tertiary/aromatic N) is 3. The molecular formula is C25H24N4O2. The molecule has 0 amide bonds. The van der Waals surface area contributed by atoms with Gasteiger partial charge in [0.25, 0.3) is 0 Å². The van der Waals surface area contributed by atoms with E-state index in [0.717, 1.165) is 47.7 Å². The number of hydrogen-bond acceptors (Lipinski definition) is 4. The van der Waals surface area contributed by atoms with Crippen molar-refractivity contribution in [2.75, 3.05) is 5.43 Å². The van der Waals surface area contributed by atoms with Crippen molar-refractivity contribution < 1.29 is 9.90 Å². The lowest BCUT2D eigenvalue weighted by molar-refractivity contribution is 0.0696. The average Bonchev–Trinajstić information content (AvgIpc) is 3.49. The highest BCUT2D eigenvalue weighted by atomic mass is 16.4. The largest absolute Gasteiger partial charge is 0.478 e. The average molecular weight is 412 g/mol. The molecule has 2 heterocycles. The van der Waals surface area contributed by atoms with Gasteiger partial charge < -0.3 is 5.11 Å². The van der Waals surface area contributed by atoms with Gasteiger partial charge in [-0.2, -0.15) is 9.89 Å². The molecule has 1 saturated carbocycles. The van der Waals surface area contributed by atoms with Crippen LogP contribution in [0.1, 0.15) is 47.2 Å². The maximum Gasteiger partial charge on any atom is 0.335 e. The van der Waals surface area contributed by atoms with Crippen LogP contribution in [-0.2, 0) is 5.54 Å². The number of carbonyl (C=O) groups is 1. The molecule has 2 aromatic heterocycles. The van der Waals surface area contributed by atoms with E-state index < -0.39 is 11.5 Å². The first-order valence-corrected chi connectivity index (χ1v) is 10.6. The van der Waals surface area contributed by atoms with E-state index in [1.165, 1.54) is 0 Å². The second-order valence-electron chi connectivity index (χ2n) is 8.14. The quantitative estimate of drug-likeness (QED) is 0.475. The van der Waals surface area contributed by atoms with Crippen molar-refractivity contribution in [3.63, 3.8) is 0 Å². The molecule has 31 heavy (non-hydrogen) atoms. The van der Waals surface area contributed by atoms with Gasteiger partial charge in [-0.25, -0.2) is 4.79 Å². The number of nitrogens with one attached hydrogen (secondary N) is 1. The lowest BCUT2D eigenvalue weighted by Gasteiger charge is -2.41. The van der Waals surface area contributed by atoms with E-state index in [1.54, 1.807) is 18.3 Å². The van der Waals surface area contributed by atoms with E-state index in [1.807, 2.05) is 59.6 Å². The van der Waals surface area contributed by atoms with Gasteiger partial charge in [-0.05, 0) is 48.6 Å². The second kappa shape index (κ2) is 7.87. The zero-order valence-electron chi connectivity index (χ0n) is 17.1. The van der Waals surface area contributed by atoms with Gasteiger partial charge in [0.2, 0.25) is 0 Å². The summed E-state index contributed by atoms with van der Waals surface area (Å²) >= 11 is 0.